The molecular formula is C19H20N4O3. The number of amidine groups is 1. The van der Waals surface area contributed by atoms with Crippen LogP contribution in [0.3, 0.4) is 0 Å². The Morgan fingerprint density at radius 1 is 1.19 bits per heavy atom. The fourth-order valence-corrected chi connectivity index (χ4v) is 2.46. The number of aliphatic imine (C=N–C) groups is 1. The van der Waals surface area contributed by atoms with Gasteiger partial charge in [0.1, 0.15) is 12.3 Å². The van der Waals surface area contributed by atoms with Crippen molar-refractivity contribution in [2.45, 2.75) is 13.5 Å². The van der Waals surface area contributed by atoms with Gasteiger partial charge in [0.25, 0.3) is 11.8 Å². The topological polar surface area (TPSA) is 83.0 Å². The summed E-state index contributed by atoms with van der Waals surface area (Å²) < 4.78 is 5.11. The summed E-state index contributed by atoms with van der Waals surface area (Å²) in [5, 5.41) is 4.13. The summed E-state index contributed by atoms with van der Waals surface area (Å²) in [5.74, 6) is 0.273. The van der Waals surface area contributed by atoms with Gasteiger partial charge in [0, 0.05) is 6.54 Å². The fourth-order valence-electron chi connectivity index (χ4n) is 2.46. The van der Waals surface area contributed by atoms with Crippen LogP contribution in [0, 0.1) is 6.92 Å². The molecule has 26 heavy (non-hydrogen) atoms. The van der Waals surface area contributed by atoms with Crippen molar-refractivity contribution in [3.63, 3.8) is 0 Å². The number of anilines is 1. The highest BCUT2D eigenvalue weighted by Gasteiger charge is 2.25. The molecular weight excluding hydrogens is 332 g/mol. The first-order chi connectivity index (χ1) is 12.6. The van der Waals surface area contributed by atoms with E-state index in [1.54, 1.807) is 7.11 Å². The number of ether oxygens (including phenoxy) is 1. The lowest BCUT2D eigenvalue weighted by Gasteiger charge is -2.27. The lowest BCUT2D eigenvalue weighted by atomic mass is 10.2. The Morgan fingerprint density at radius 2 is 1.88 bits per heavy atom. The molecule has 7 nitrogen and oxygen atoms in total. The molecule has 0 unspecified atom stereocenters. The summed E-state index contributed by atoms with van der Waals surface area (Å²) in [6, 6.07) is 14.8. The summed E-state index contributed by atoms with van der Waals surface area (Å²) in [6.45, 7) is 2.24. The van der Waals surface area contributed by atoms with E-state index < -0.39 is 0 Å². The Labute approximate surface area is 151 Å². The molecule has 0 saturated carbocycles. The Kier molecular flexibility index (Phi) is 5.17. The third kappa shape index (κ3) is 4.00. The molecule has 2 aromatic carbocycles. The first-order valence-corrected chi connectivity index (χ1v) is 8.18. The van der Waals surface area contributed by atoms with E-state index in [0.29, 0.717) is 12.2 Å². The van der Waals surface area contributed by atoms with Crippen molar-refractivity contribution in [2.75, 3.05) is 18.7 Å². The monoisotopic (exact) mass is 352 g/mol. The van der Waals surface area contributed by atoms with Crippen LogP contribution in [0.5, 0.6) is 5.75 Å². The van der Waals surface area contributed by atoms with E-state index in [2.05, 4.69) is 15.7 Å². The van der Waals surface area contributed by atoms with Crippen LogP contribution < -0.4 is 20.5 Å². The van der Waals surface area contributed by atoms with Gasteiger partial charge in [-0.05, 0) is 36.8 Å². The van der Waals surface area contributed by atoms with Gasteiger partial charge in [-0.2, -0.15) is 0 Å². The zero-order valence-corrected chi connectivity index (χ0v) is 14.7. The molecule has 1 heterocycles. The maximum atomic E-state index is 12.4. The van der Waals surface area contributed by atoms with Crippen LogP contribution in [-0.2, 0) is 16.1 Å². The van der Waals surface area contributed by atoms with Crippen LogP contribution >= 0.6 is 0 Å². The molecule has 2 amide bonds. The minimum Gasteiger partial charge on any atom is -0.497 e. The lowest BCUT2D eigenvalue weighted by Crippen LogP contribution is -2.55. The molecule has 1 aliphatic rings. The van der Waals surface area contributed by atoms with Crippen LogP contribution in [0.2, 0.25) is 0 Å². The van der Waals surface area contributed by atoms with E-state index in [0.717, 1.165) is 16.9 Å². The van der Waals surface area contributed by atoms with Crippen molar-refractivity contribution in [1.29, 1.82) is 0 Å². The SMILES string of the molecule is COc1ccc(CNC(=O)C2=NCC(=O)N(c3ccc(C)cc3)N2)cc1. The number of nitrogens with one attached hydrogen (secondary N) is 2. The van der Waals surface area contributed by atoms with Crippen LogP contribution in [-0.4, -0.2) is 31.3 Å². The predicted molar refractivity (Wildman–Crippen MR) is 98.9 cm³/mol. The summed E-state index contributed by atoms with van der Waals surface area (Å²) in [7, 11) is 1.60. The lowest BCUT2D eigenvalue weighted by molar-refractivity contribution is -0.118. The van der Waals surface area contributed by atoms with E-state index in [1.807, 2.05) is 55.5 Å². The molecule has 0 saturated heterocycles. The standard InChI is InChI=1S/C19H20N4O3/c1-13-3-7-15(8-4-13)23-17(24)12-20-18(22-23)19(25)21-11-14-5-9-16(26-2)10-6-14/h3-10H,11-12H2,1-2H3,(H,20,22)(H,21,25). The van der Waals surface area contributed by atoms with Crippen molar-refractivity contribution in [3.05, 3.63) is 59.7 Å². The molecule has 0 bridgehead atoms. The number of amides is 2. The van der Waals surface area contributed by atoms with Crippen LogP contribution in [0.4, 0.5) is 5.69 Å². The fraction of sp³-hybridized carbons (Fsp3) is 0.211. The van der Waals surface area contributed by atoms with Crippen LogP contribution in [0.25, 0.3) is 0 Å². The molecule has 1 aliphatic heterocycles. The van der Waals surface area contributed by atoms with E-state index in [1.165, 1.54) is 5.01 Å². The highest BCUT2D eigenvalue weighted by Crippen LogP contribution is 2.15. The molecule has 134 valence electrons. The largest absolute Gasteiger partial charge is 0.497 e. The molecule has 0 radical (unpaired) electrons. The molecule has 2 aromatic rings. The maximum Gasteiger partial charge on any atom is 0.288 e. The molecule has 7 heteroatoms. The van der Waals surface area contributed by atoms with Gasteiger partial charge in [-0.1, -0.05) is 29.8 Å². The molecule has 0 aliphatic carbocycles. The van der Waals surface area contributed by atoms with Gasteiger partial charge in [-0.25, -0.2) is 5.01 Å². The number of aryl methyl sites for hydroxylation is 1. The first kappa shape index (κ1) is 17.5. The molecule has 0 aromatic heterocycles. The number of nitrogens with zero attached hydrogens (tertiary/aromatic N) is 2. The van der Waals surface area contributed by atoms with Crippen molar-refractivity contribution in [3.8, 4) is 5.75 Å². The van der Waals surface area contributed by atoms with E-state index in [4.69, 9.17) is 4.74 Å². The highest BCUT2D eigenvalue weighted by molar-refractivity contribution is 6.39. The summed E-state index contributed by atoms with van der Waals surface area (Å²) in [4.78, 5) is 28.5. The third-order valence-corrected chi connectivity index (χ3v) is 3.96. The average molecular weight is 352 g/mol. The Balaban J connectivity index is 1.63. The quantitative estimate of drug-likeness (QED) is 0.856. The average Bonchev–Trinajstić information content (AvgIpc) is 2.67. The smallest absolute Gasteiger partial charge is 0.288 e. The summed E-state index contributed by atoms with van der Waals surface area (Å²) in [5.41, 5.74) is 5.48. The number of hydrogen-bond acceptors (Lipinski definition) is 5. The molecule has 0 fully saturated rings. The first-order valence-electron chi connectivity index (χ1n) is 8.18. The zero-order valence-electron chi connectivity index (χ0n) is 14.7. The third-order valence-electron chi connectivity index (χ3n) is 3.96. The number of hydrogen-bond donors (Lipinski definition) is 2. The van der Waals surface area contributed by atoms with Crippen molar-refractivity contribution in [1.82, 2.24) is 10.7 Å². The van der Waals surface area contributed by atoms with E-state index in [9.17, 15) is 9.59 Å². The minimum absolute atomic E-state index is 0.0772. The van der Waals surface area contributed by atoms with Crippen molar-refractivity contribution >= 4 is 23.3 Å². The second-order valence-electron chi connectivity index (χ2n) is 5.87. The van der Waals surface area contributed by atoms with Crippen molar-refractivity contribution < 1.29 is 14.3 Å². The number of benzene rings is 2. The Bertz CT molecular complexity index is 829. The molecule has 3 rings (SSSR count). The van der Waals surface area contributed by atoms with Gasteiger partial charge >= 0.3 is 0 Å². The second-order valence-corrected chi connectivity index (χ2v) is 5.87. The Hall–Kier alpha value is -3.35. The van der Waals surface area contributed by atoms with E-state index in [-0.39, 0.29) is 24.2 Å². The summed E-state index contributed by atoms with van der Waals surface area (Å²) in [6.07, 6.45) is 0. The number of methoxy groups -OCH3 is 1. The minimum atomic E-state index is -0.370. The number of carbonyl (C=O) groups is 2. The second kappa shape index (κ2) is 7.69. The Morgan fingerprint density at radius 3 is 2.54 bits per heavy atom. The van der Waals surface area contributed by atoms with Gasteiger partial charge < -0.3 is 10.1 Å². The van der Waals surface area contributed by atoms with Gasteiger partial charge in [0.15, 0.2) is 0 Å². The van der Waals surface area contributed by atoms with Crippen LogP contribution in [0.15, 0.2) is 53.5 Å². The number of rotatable bonds is 5. The predicted octanol–water partition coefficient (Wildman–Crippen LogP) is 1.57. The van der Waals surface area contributed by atoms with Crippen molar-refractivity contribution in [2.24, 2.45) is 4.99 Å². The highest BCUT2D eigenvalue weighted by atomic mass is 16.5. The van der Waals surface area contributed by atoms with Gasteiger partial charge in [0.2, 0.25) is 5.84 Å². The number of hydrazine groups is 1. The van der Waals surface area contributed by atoms with Gasteiger partial charge in [-0.3, -0.25) is 20.0 Å². The van der Waals surface area contributed by atoms with E-state index >= 15 is 0 Å². The summed E-state index contributed by atoms with van der Waals surface area (Å²) >= 11 is 0. The maximum absolute atomic E-state index is 12.4. The molecule has 0 atom stereocenters. The normalized spacial score (nSPS) is 13.7. The zero-order chi connectivity index (χ0) is 18.5. The molecule has 2 N–H and O–H groups in total. The van der Waals surface area contributed by atoms with Crippen LogP contribution in [0.1, 0.15) is 11.1 Å². The van der Waals surface area contributed by atoms with Gasteiger partial charge in [-0.15, -0.1) is 0 Å². The van der Waals surface area contributed by atoms with Gasteiger partial charge in [0.05, 0.1) is 12.8 Å². The number of carbonyl (C=O) groups excluding carboxylic acids is 2. The molecule has 0 spiro atoms.